The molecule has 5 heteroatoms. The molecule has 1 aromatic rings. The van der Waals surface area contributed by atoms with Gasteiger partial charge in [0.15, 0.2) is 0 Å². The van der Waals surface area contributed by atoms with Crippen molar-refractivity contribution < 1.29 is 9.59 Å². The van der Waals surface area contributed by atoms with Crippen molar-refractivity contribution in [3.05, 3.63) is 35.4 Å². The molecule has 0 radical (unpaired) electrons. The number of nitrogens with two attached hydrogens (primary N) is 1. The molecule has 86 valence electrons. The van der Waals surface area contributed by atoms with Gasteiger partial charge in [-0.1, -0.05) is 12.1 Å². The zero-order valence-electron chi connectivity index (χ0n) is 9.12. The molecule has 0 spiro atoms. The van der Waals surface area contributed by atoms with Crippen molar-refractivity contribution >= 4 is 11.8 Å². The summed E-state index contributed by atoms with van der Waals surface area (Å²) in [5.74, 6) is -0.560. The maximum Gasteiger partial charge on any atom is 0.248 e. The number of hydrogen-bond acceptors (Lipinski definition) is 3. The molecule has 0 saturated carbocycles. The van der Waals surface area contributed by atoms with E-state index in [1.165, 1.54) is 0 Å². The standard InChI is InChI=1S/C11H15N3O2/c1-13-7-10(15)14-6-8-3-2-4-9(5-8)11(12)16/h2-5,13H,6-7H2,1H3,(H2,12,16)(H,14,15). The fourth-order valence-corrected chi connectivity index (χ4v) is 1.26. The first-order chi connectivity index (χ1) is 7.63. The smallest absolute Gasteiger partial charge is 0.248 e. The van der Waals surface area contributed by atoms with Gasteiger partial charge in [0.2, 0.25) is 11.8 Å². The van der Waals surface area contributed by atoms with Crippen LogP contribution in [0, 0.1) is 0 Å². The third-order valence-corrected chi connectivity index (χ3v) is 2.04. The zero-order chi connectivity index (χ0) is 12.0. The van der Waals surface area contributed by atoms with Crippen molar-refractivity contribution in [3.8, 4) is 0 Å². The summed E-state index contributed by atoms with van der Waals surface area (Å²) in [6.07, 6.45) is 0. The Bertz CT molecular complexity index is 391. The summed E-state index contributed by atoms with van der Waals surface area (Å²) in [4.78, 5) is 22.1. The van der Waals surface area contributed by atoms with Crippen LogP contribution in [0.5, 0.6) is 0 Å². The number of benzene rings is 1. The molecule has 16 heavy (non-hydrogen) atoms. The molecule has 0 fully saturated rings. The molecule has 0 heterocycles. The van der Waals surface area contributed by atoms with Gasteiger partial charge in [0, 0.05) is 12.1 Å². The first-order valence-electron chi connectivity index (χ1n) is 4.93. The first-order valence-corrected chi connectivity index (χ1v) is 4.93. The Morgan fingerprint density at radius 3 is 2.75 bits per heavy atom. The van der Waals surface area contributed by atoms with E-state index in [1.807, 2.05) is 6.07 Å². The van der Waals surface area contributed by atoms with Crippen LogP contribution in [-0.4, -0.2) is 25.4 Å². The number of hydrogen-bond donors (Lipinski definition) is 3. The fraction of sp³-hybridized carbons (Fsp3) is 0.273. The Balaban J connectivity index is 2.57. The highest BCUT2D eigenvalue weighted by Gasteiger charge is 2.02. The van der Waals surface area contributed by atoms with E-state index in [9.17, 15) is 9.59 Å². The van der Waals surface area contributed by atoms with Crippen LogP contribution < -0.4 is 16.4 Å². The van der Waals surface area contributed by atoms with Crippen LogP contribution in [0.15, 0.2) is 24.3 Å². The van der Waals surface area contributed by atoms with E-state index in [1.54, 1.807) is 25.2 Å². The molecule has 1 aromatic carbocycles. The van der Waals surface area contributed by atoms with Crippen LogP contribution in [0.1, 0.15) is 15.9 Å². The summed E-state index contributed by atoms with van der Waals surface area (Å²) in [5, 5.41) is 5.46. The van der Waals surface area contributed by atoms with E-state index in [4.69, 9.17) is 5.73 Å². The Morgan fingerprint density at radius 1 is 1.38 bits per heavy atom. The van der Waals surface area contributed by atoms with Crippen molar-refractivity contribution in [1.82, 2.24) is 10.6 Å². The van der Waals surface area contributed by atoms with E-state index in [2.05, 4.69) is 10.6 Å². The number of carbonyl (C=O) groups excluding carboxylic acids is 2. The lowest BCUT2D eigenvalue weighted by molar-refractivity contribution is -0.120. The minimum absolute atomic E-state index is 0.0908. The molecule has 2 amide bonds. The highest BCUT2D eigenvalue weighted by Crippen LogP contribution is 2.04. The van der Waals surface area contributed by atoms with Gasteiger partial charge in [0.05, 0.1) is 6.54 Å². The van der Waals surface area contributed by atoms with Crippen molar-refractivity contribution in [2.45, 2.75) is 6.54 Å². The number of likely N-dealkylation sites (N-methyl/N-ethyl adjacent to an activating group) is 1. The Hall–Kier alpha value is -1.88. The van der Waals surface area contributed by atoms with Crippen LogP contribution >= 0.6 is 0 Å². The van der Waals surface area contributed by atoms with Crippen molar-refractivity contribution in [3.63, 3.8) is 0 Å². The fourth-order valence-electron chi connectivity index (χ4n) is 1.26. The first kappa shape index (κ1) is 12.2. The van der Waals surface area contributed by atoms with Crippen LogP contribution in [0.4, 0.5) is 0 Å². The Labute approximate surface area is 94.0 Å². The maximum atomic E-state index is 11.2. The second-order valence-corrected chi connectivity index (χ2v) is 3.37. The van der Waals surface area contributed by atoms with Crippen LogP contribution in [0.25, 0.3) is 0 Å². The lowest BCUT2D eigenvalue weighted by Gasteiger charge is -2.05. The van der Waals surface area contributed by atoms with Gasteiger partial charge in [-0.15, -0.1) is 0 Å². The lowest BCUT2D eigenvalue weighted by Crippen LogP contribution is -2.31. The van der Waals surface area contributed by atoms with Crippen molar-refractivity contribution in [1.29, 1.82) is 0 Å². The molecule has 1 rings (SSSR count). The molecular formula is C11H15N3O2. The molecule has 0 aromatic heterocycles. The molecule has 0 aliphatic carbocycles. The van der Waals surface area contributed by atoms with Gasteiger partial charge < -0.3 is 16.4 Å². The average Bonchev–Trinajstić information content (AvgIpc) is 2.27. The van der Waals surface area contributed by atoms with Gasteiger partial charge in [0.25, 0.3) is 0 Å². The molecule has 0 aliphatic rings. The number of amides is 2. The summed E-state index contributed by atoms with van der Waals surface area (Å²) in [6.45, 7) is 0.664. The number of carbonyl (C=O) groups is 2. The number of nitrogens with one attached hydrogen (secondary N) is 2. The Morgan fingerprint density at radius 2 is 2.12 bits per heavy atom. The maximum absolute atomic E-state index is 11.2. The predicted octanol–water partition coefficient (Wildman–Crippen LogP) is -0.379. The second-order valence-electron chi connectivity index (χ2n) is 3.37. The third-order valence-electron chi connectivity index (χ3n) is 2.04. The monoisotopic (exact) mass is 221 g/mol. The summed E-state index contributed by atoms with van der Waals surface area (Å²) in [5.41, 5.74) is 6.44. The third kappa shape index (κ3) is 3.70. The van der Waals surface area contributed by atoms with Crippen LogP contribution in [0.2, 0.25) is 0 Å². The van der Waals surface area contributed by atoms with Gasteiger partial charge in [-0.3, -0.25) is 9.59 Å². The zero-order valence-corrected chi connectivity index (χ0v) is 9.12. The summed E-state index contributed by atoms with van der Waals surface area (Å²) < 4.78 is 0. The van der Waals surface area contributed by atoms with Gasteiger partial charge in [-0.2, -0.15) is 0 Å². The van der Waals surface area contributed by atoms with Gasteiger partial charge in [0.1, 0.15) is 0 Å². The molecule has 0 saturated heterocycles. The molecule has 5 nitrogen and oxygen atoms in total. The van der Waals surface area contributed by atoms with Crippen molar-refractivity contribution in [2.24, 2.45) is 5.73 Å². The average molecular weight is 221 g/mol. The van der Waals surface area contributed by atoms with Gasteiger partial charge >= 0.3 is 0 Å². The molecule has 4 N–H and O–H groups in total. The Kier molecular flexibility index (Phi) is 4.47. The van der Waals surface area contributed by atoms with Gasteiger partial charge in [-0.25, -0.2) is 0 Å². The lowest BCUT2D eigenvalue weighted by atomic mass is 10.1. The summed E-state index contributed by atoms with van der Waals surface area (Å²) in [6, 6.07) is 6.87. The largest absolute Gasteiger partial charge is 0.366 e. The predicted molar refractivity (Wildman–Crippen MR) is 60.7 cm³/mol. The number of rotatable bonds is 5. The molecule has 0 atom stereocenters. The summed E-state index contributed by atoms with van der Waals surface area (Å²) >= 11 is 0. The van der Waals surface area contributed by atoms with E-state index >= 15 is 0 Å². The molecular weight excluding hydrogens is 206 g/mol. The van der Waals surface area contributed by atoms with Crippen molar-refractivity contribution in [2.75, 3.05) is 13.6 Å². The molecule has 0 unspecified atom stereocenters. The molecule has 0 aliphatic heterocycles. The normalized spacial score (nSPS) is 9.81. The quantitative estimate of drug-likeness (QED) is 0.633. The minimum Gasteiger partial charge on any atom is -0.366 e. The second kappa shape index (κ2) is 5.87. The topological polar surface area (TPSA) is 84.2 Å². The summed E-state index contributed by atoms with van der Waals surface area (Å²) in [7, 11) is 1.70. The minimum atomic E-state index is -0.469. The van der Waals surface area contributed by atoms with E-state index in [-0.39, 0.29) is 12.5 Å². The van der Waals surface area contributed by atoms with Crippen LogP contribution in [-0.2, 0) is 11.3 Å². The van der Waals surface area contributed by atoms with E-state index in [0.717, 1.165) is 5.56 Å². The highest BCUT2D eigenvalue weighted by molar-refractivity contribution is 5.92. The van der Waals surface area contributed by atoms with E-state index in [0.29, 0.717) is 12.1 Å². The van der Waals surface area contributed by atoms with Gasteiger partial charge in [-0.05, 0) is 24.7 Å². The van der Waals surface area contributed by atoms with E-state index < -0.39 is 5.91 Å². The number of primary amides is 1. The highest BCUT2D eigenvalue weighted by atomic mass is 16.2. The van der Waals surface area contributed by atoms with Crippen LogP contribution in [0.3, 0.4) is 0 Å². The molecule has 0 bridgehead atoms. The SMILES string of the molecule is CNCC(=O)NCc1cccc(C(N)=O)c1.